The molecule has 0 spiro atoms. The number of phenolic OH excluding ortho intramolecular Hbond substituents is 2. The minimum atomic E-state index is -1.25. The van der Waals surface area contributed by atoms with E-state index in [1.165, 1.54) is 33.3 Å². The number of nitrogens with one attached hydrogen (secondary N) is 1. The minimum absolute atomic E-state index is 0.0620. The maximum Gasteiger partial charge on any atom is 0.352 e. The highest BCUT2D eigenvalue weighted by atomic mass is 32.2. The number of carboxylic acids is 1. The first-order valence-electron chi connectivity index (χ1n) is 14.2. The van der Waals surface area contributed by atoms with Gasteiger partial charge in [0.1, 0.15) is 22.1 Å². The van der Waals surface area contributed by atoms with Crippen molar-refractivity contribution in [3.05, 3.63) is 52.9 Å². The number of benzene rings is 1. The number of hydrogen-bond acceptors (Lipinski definition) is 11. The summed E-state index contributed by atoms with van der Waals surface area (Å²) in [5.41, 5.74) is 1.94. The number of aryl methyl sites for hydroxylation is 1. The topological polar surface area (TPSA) is 191 Å². The van der Waals surface area contributed by atoms with Crippen molar-refractivity contribution in [2.75, 3.05) is 18.1 Å². The van der Waals surface area contributed by atoms with Crippen LogP contribution in [0.1, 0.15) is 25.0 Å². The van der Waals surface area contributed by atoms with E-state index in [1.54, 1.807) is 25.1 Å². The molecule has 45 heavy (non-hydrogen) atoms. The number of carbonyl (C=O) groups is 4. The number of aliphatic carboxylic acids is 1. The van der Waals surface area contributed by atoms with Gasteiger partial charge >= 0.3 is 5.97 Å². The molecule has 4 aliphatic rings. The fraction of sp³-hybridized carbons (Fsp3) is 0.345. The Morgan fingerprint density at radius 3 is 2.69 bits per heavy atom. The van der Waals surface area contributed by atoms with Gasteiger partial charge in [0.15, 0.2) is 17.3 Å². The highest BCUT2D eigenvalue weighted by Crippen LogP contribution is 2.42. The molecular weight excluding hydrogens is 622 g/mol. The lowest BCUT2D eigenvalue weighted by molar-refractivity contribution is -0.150. The first-order chi connectivity index (χ1) is 21.6. The zero-order chi connectivity index (χ0) is 31.6. The Balaban J connectivity index is 1.03. The van der Waals surface area contributed by atoms with Crippen molar-refractivity contribution in [3.63, 3.8) is 0 Å². The Morgan fingerprint density at radius 2 is 1.96 bits per heavy atom. The molecule has 4 N–H and O–H groups in total. The summed E-state index contributed by atoms with van der Waals surface area (Å²) in [7, 11) is 0. The zero-order valence-corrected chi connectivity index (χ0v) is 25.5. The molecule has 14 nitrogen and oxygen atoms in total. The molecular formula is C29H27N7O7S2. The molecule has 0 radical (unpaired) electrons. The Labute approximate surface area is 264 Å². The molecule has 1 saturated carbocycles. The first-order valence-corrected chi connectivity index (χ1v) is 16.2. The maximum absolute atomic E-state index is 13.2. The summed E-state index contributed by atoms with van der Waals surface area (Å²) >= 11 is 2.51. The van der Waals surface area contributed by atoms with Crippen molar-refractivity contribution in [2.45, 2.75) is 48.7 Å². The van der Waals surface area contributed by atoms with E-state index in [0.29, 0.717) is 46.1 Å². The first kappa shape index (κ1) is 29.2. The smallest absolute Gasteiger partial charge is 0.352 e. The van der Waals surface area contributed by atoms with Gasteiger partial charge in [0.05, 0.1) is 5.75 Å². The molecule has 3 fully saturated rings. The van der Waals surface area contributed by atoms with E-state index < -0.39 is 29.2 Å². The fourth-order valence-corrected chi connectivity index (χ4v) is 7.83. The summed E-state index contributed by atoms with van der Waals surface area (Å²) < 4.78 is 1.47. The van der Waals surface area contributed by atoms with E-state index in [0.717, 1.165) is 24.6 Å². The molecule has 7 rings (SSSR count). The van der Waals surface area contributed by atoms with E-state index in [2.05, 4.69) is 20.4 Å². The summed E-state index contributed by atoms with van der Waals surface area (Å²) in [6, 6.07) is 5.36. The van der Waals surface area contributed by atoms with Crippen LogP contribution in [0.5, 0.6) is 11.5 Å². The Bertz CT molecular complexity index is 1870. The lowest BCUT2D eigenvalue weighted by Gasteiger charge is -2.49. The SMILES string of the molecule is Cc1cc(SCC(=O)N[C@@H]2C(=O)N3C(C(=O)O)=C(/C=C4\CCN(C5CC5)C4=O)CS[C@H]23)n2nc(-c3ccc(O)c(O)c3)nc2n1. The number of carbonyl (C=O) groups excluding carboxylic acids is 3. The van der Waals surface area contributed by atoms with Crippen LogP contribution in [-0.2, 0) is 19.2 Å². The molecule has 3 aromatic rings. The summed E-state index contributed by atoms with van der Waals surface area (Å²) in [6.07, 6.45) is 4.16. The van der Waals surface area contributed by atoms with Gasteiger partial charge in [-0.2, -0.15) is 9.50 Å². The van der Waals surface area contributed by atoms with Gasteiger partial charge in [0.2, 0.25) is 11.8 Å². The van der Waals surface area contributed by atoms with Crippen LogP contribution in [-0.4, -0.2) is 104 Å². The summed E-state index contributed by atoms with van der Waals surface area (Å²) in [4.78, 5) is 63.0. The van der Waals surface area contributed by atoms with E-state index in [-0.39, 0.29) is 46.5 Å². The van der Waals surface area contributed by atoms with Gasteiger partial charge < -0.3 is 25.5 Å². The number of thioether (sulfide) groups is 2. The number of nitrogens with zero attached hydrogens (tertiary/aromatic N) is 6. The summed E-state index contributed by atoms with van der Waals surface area (Å²) in [5, 5.41) is 36.7. The quantitative estimate of drug-likeness (QED) is 0.0909. The van der Waals surface area contributed by atoms with Gasteiger partial charge in [-0.1, -0.05) is 11.8 Å². The molecule has 3 amide bonds. The summed E-state index contributed by atoms with van der Waals surface area (Å²) in [6.45, 7) is 2.40. The Kier molecular flexibility index (Phi) is 7.19. The van der Waals surface area contributed by atoms with Crippen LogP contribution in [0.15, 0.2) is 52.2 Å². The number of amides is 3. The van der Waals surface area contributed by atoms with Crippen LogP contribution in [0.25, 0.3) is 17.2 Å². The highest BCUT2D eigenvalue weighted by Gasteiger charge is 2.54. The highest BCUT2D eigenvalue weighted by molar-refractivity contribution is 8.00. The predicted molar refractivity (Wildman–Crippen MR) is 162 cm³/mol. The number of likely N-dealkylation sites (tertiary alicyclic amines) is 1. The lowest BCUT2D eigenvalue weighted by Crippen LogP contribution is -2.70. The maximum atomic E-state index is 13.2. The van der Waals surface area contributed by atoms with Gasteiger partial charge in [-0.3, -0.25) is 19.3 Å². The molecule has 0 unspecified atom stereocenters. The second-order valence-electron chi connectivity index (χ2n) is 11.2. The van der Waals surface area contributed by atoms with Crippen molar-refractivity contribution in [2.24, 2.45) is 0 Å². The van der Waals surface area contributed by atoms with Crippen LogP contribution in [0.3, 0.4) is 0 Å². The molecule has 2 atom stereocenters. The molecule has 2 aromatic heterocycles. The zero-order valence-electron chi connectivity index (χ0n) is 23.8. The third kappa shape index (κ3) is 5.27. The Morgan fingerprint density at radius 1 is 1.16 bits per heavy atom. The van der Waals surface area contributed by atoms with Crippen LogP contribution in [0.2, 0.25) is 0 Å². The second-order valence-corrected chi connectivity index (χ2v) is 13.3. The normalized spacial score (nSPS) is 22.3. The van der Waals surface area contributed by atoms with Gasteiger partial charge in [-0.25, -0.2) is 9.78 Å². The Hall–Kier alpha value is -4.57. The molecule has 1 aromatic carbocycles. The van der Waals surface area contributed by atoms with Gasteiger partial charge in [-0.15, -0.1) is 16.9 Å². The third-order valence-corrected chi connectivity index (χ3v) is 10.3. The van der Waals surface area contributed by atoms with Crippen LogP contribution < -0.4 is 5.32 Å². The molecule has 0 bridgehead atoms. The van der Waals surface area contributed by atoms with E-state index in [1.807, 2.05) is 4.90 Å². The number of aromatic nitrogens is 4. The monoisotopic (exact) mass is 649 g/mol. The standard InChI is InChI=1S/C29H27N7O7S2/c1-13-8-21(36-29(30-13)32-24(33-36)14-2-5-18(37)19(38)10-14)44-12-20(39)31-22-26(41)35-23(28(42)43)16(11-45-27(22)35)9-15-6-7-34(25(15)40)17-3-4-17/h2,5,8-10,17,22,27,37-38H,3-4,6-7,11-12H2,1H3,(H,31,39)(H,42,43)/b15-9+/t22-,27-/m1/s1. The van der Waals surface area contributed by atoms with Crippen molar-refractivity contribution < 1.29 is 34.5 Å². The number of phenols is 2. The average molecular weight is 650 g/mol. The van der Waals surface area contributed by atoms with Gasteiger partial charge in [-0.05, 0) is 62.1 Å². The number of hydrogen-bond donors (Lipinski definition) is 4. The number of rotatable bonds is 8. The number of aromatic hydroxyl groups is 2. The molecule has 3 aliphatic heterocycles. The average Bonchev–Trinajstić information content (AvgIpc) is 3.66. The lowest BCUT2D eigenvalue weighted by atomic mass is 10.0. The number of allylic oxidation sites excluding steroid dienone is 1. The van der Waals surface area contributed by atoms with Crippen LogP contribution in [0, 0.1) is 6.92 Å². The molecule has 232 valence electrons. The predicted octanol–water partition coefficient (Wildman–Crippen LogP) is 1.66. The number of β-lactam (4-membered cyclic amide) rings is 1. The minimum Gasteiger partial charge on any atom is -0.504 e. The largest absolute Gasteiger partial charge is 0.504 e. The van der Waals surface area contributed by atoms with Crippen molar-refractivity contribution in [1.29, 1.82) is 0 Å². The second kappa shape index (κ2) is 11.1. The van der Waals surface area contributed by atoms with Crippen LogP contribution in [0.4, 0.5) is 0 Å². The van der Waals surface area contributed by atoms with E-state index in [4.69, 9.17) is 0 Å². The molecule has 16 heteroatoms. The molecule has 1 aliphatic carbocycles. The van der Waals surface area contributed by atoms with Crippen molar-refractivity contribution >= 4 is 53.0 Å². The molecule has 5 heterocycles. The molecule has 2 saturated heterocycles. The fourth-order valence-electron chi connectivity index (χ4n) is 5.66. The van der Waals surface area contributed by atoms with Crippen LogP contribution >= 0.6 is 23.5 Å². The summed E-state index contributed by atoms with van der Waals surface area (Å²) in [5.74, 6) is -2.07. The van der Waals surface area contributed by atoms with E-state index >= 15 is 0 Å². The van der Waals surface area contributed by atoms with Gasteiger partial charge in [0, 0.05) is 35.2 Å². The van der Waals surface area contributed by atoms with E-state index in [9.17, 15) is 34.5 Å². The third-order valence-electron chi connectivity index (χ3n) is 8.00. The van der Waals surface area contributed by atoms with Gasteiger partial charge in [0.25, 0.3) is 11.7 Å². The number of carboxylic acid groups (broad SMARTS) is 1. The van der Waals surface area contributed by atoms with Crippen molar-refractivity contribution in [3.8, 4) is 22.9 Å². The number of fused-ring (bicyclic) bond motifs is 2. The van der Waals surface area contributed by atoms with Crippen molar-refractivity contribution in [1.82, 2.24) is 34.7 Å².